The molecule has 0 unspecified atom stereocenters. The van der Waals surface area contributed by atoms with Crippen LogP contribution in [-0.4, -0.2) is 50.0 Å². The first kappa shape index (κ1) is 17.4. The number of fused-ring (bicyclic) bond motifs is 3. The molecule has 3 aromatic rings. The van der Waals surface area contributed by atoms with Crippen LogP contribution in [0.1, 0.15) is 36.0 Å². The molecule has 0 bridgehead atoms. The number of hydrogen-bond donors (Lipinski definition) is 0. The zero-order valence-electron chi connectivity index (χ0n) is 16.3. The van der Waals surface area contributed by atoms with Gasteiger partial charge in [0.15, 0.2) is 11.6 Å². The lowest BCUT2D eigenvalue weighted by molar-refractivity contribution is 0.0580. The maximum atomic E-state index is 6.27. The van der Waals surface area contributed by atoms with Crippen molar-refractivity contribution in [3.8, 4) is 5.69 Å². The summed E-state index contributed by atoms with van der Waals surface area (Å²) >= 11 is 6.27. The average molecular weight is 408 g/mol. The molecule has 3 aliphatic rings. The minimum atomic E-state index is 0.388. The third-order valence-electron chi connectivity index (χ3n) is 6.55. The summed E-state index contributed by atoms with van der Waals surface area (Å²) in [7, 11) is 2.11. The van der Waals surface area contributed by atoms with Crippen molar-refractivity contribution in [1.29, 1.82) is 0 Å². The molecule has 1 saturated carbocycles. The Bertz CT molecular complexity index is 1070. The van der Waals surface area contributed by atoms with Crippen LogP contribution >= 0.6 is 11.6 Å². The fourth-order valence-electron chi connectivity index (χ4n) is 5.26. The van der Waals surface area contributed by atoms with Gasteiger partial charge in [-0.25, -0.2) is 0 Å². The molecule has 29 heavy (non-hydrogen) atoms. The van der Waals surface area contributed by atoms with Gasteiger partial charge in [-0.05, 0) is 55.8 Å². The van der Waals surface area contributed by atoms with Crippen molar-refractivity contribution < 1.29 is 0 Å². The summed E-state index contributed by atoms with van der Waals surface area (Å²) in [5.41, 5.74) is 2.79. The topological polar surface area (TPSA) is 63.0 Å². The lowest BCUT2D eigenvalue weighted by Gasteiger charge is -2.59. The van der Waals surface area contributed by atoms with Gasteiger partial charge in [0.25, 0.3) is 0 Å². The molecule has 8 heteroatoms. The standard InChI is InChI=1S/C21H22ClN7/c1-27-10-14-7-16(22)4-5-17(14)29-19(11-27)25-26-20(29)15-8-21(9-15)12-28(13-21)18-3-2-6-23-24-18/h2-7,15H,8-13H2,1H3. The Kier molecular flexibility index (Phi) is 3.74. The van der Waals surface area contributed by atoms with E-state index in [1.54, 1.807) is 6.20 Å². The Labute approximate surface area is 174 Å². The maximum absolute atomic E-state index is 6.27. The molecule has 0 radical (unpaired) electrons. The van der Waals surface area contributed by atoms with Crippen LogP contribution in [0.5, 0.6) is 0 Å². The van der Waals surface area contributed by atoms with E-state index in [1.165, 1.54) is 11.3 Å². The van der Waals surface area contributed by atoms with Gasteiger partial charge in [-0.15, -0.1) is 15.3 Å². The minimum absolute atomic E-state index is 0.388. The highest BCUT2D eigenvalue weighted by atomic mass is 35.5. The number of hydrogen-bond acceptors (Lipinski definition) is 6. The summed E-state index contributed by atoms with van der Waals surface area (Å²) in [5, 5.41) is 18.2. The summed E-state index contributed by atoms with van der Waals surface area (Å²) < 4.78 is 2.28. The highest BCUT2D eigenvalue weighted by Gasteiger charge is 2.54. The summed E-state index contributed by atoms with van der Waals surface area (Å²) in [5.74, 6) is 3.54. The van der Waals surface area contributed by atoms with Crippen molar-refractivity contribution in [2.45, 2.75) is 31.8 Å². The van der Waals surface area contributed by atoms with Crippen molar-refractivity contribution in [3.63, 3.8) is 0 Å². The molecule has 0 N–H and O–H groups in total. The first-order valence-electron chi connectivity index (χ1n) is 10.0. The van der Waals surface area contributed by atoms with Crippen LogP contribution in [0.4, 0.5) is 5.82 Å². The molecular formula is C21H22ClN7. The molecular weight excluding hydrogens is 386 g/mol. The van der Waals surface area contributed by atoms with E-state index in [2.05, 4.69) is 53.9 Å². The van der Waals surface area contributed by atoms with E-state index >= 15 is 0 Å². The summed E-state index contributed by atoms with van der Waals surface area (Å²) in [6, 6.07) is 10.1. The number of benzene rings is 1. The first-order chi connectivity index (χ1) is 14.1. The lowest BCUT2D eigenvalue weighted by Crippen LogP contribution is -2.62. The molecule has 148 valence electrons. The number of nitrogens with zero attached hydrogens (tertiary/aromatic N) is 7. The summed E-state index contributed by atoms with van der Waals surface area (Å²) in [6.07, 6.45) is 4.03. The number of anilines is 1. The van der Waals surface area contributed by atoms with Gasteiger partial charge in [0, 0.05) is 42.2 Å². The van der Waals surface area contributed by atoms with Gasteiger partial charge in [0.2, 0.25) is 0 Å². The van der Waals surface area contributed by atoms with Crippen LogP contribution in [0.15, 0.2) is 36.5 Å². The van der Waals surface area contributed by atoms with E-state index in [4.69, 9.17) is 11.6 Å². The molecule has 2 aromatic heterocycles. The Hall–Kier alpha value is -2.51. The molecule has 1 aromatic carbocycles. The summed E-state index contributed by atoms with van der Waals surface area (Å²) in [4.78, 5) is 4.58. The van der Waals surface area contributed by atoms with Gasteiger partial charge in [-0.1, -0.05) is 11.6 Å². The van der Waals surface area contributed by atoms with E-state index in [0.29, 0.717) is 11.3 Å². The SMILES string of the molecule is CN1Cc2cc(Cl)ccc2-n2c(nnc2C2CC3(C2)CN(c2cccnn2)C3)C1. The van der Waals surface area contributed by atoms with Gasteiger partial charge in [0.1, 0.15) is 5.82 Å². The zero-order valence-corrected chi connectivity index (χ0v) is 17.0. The second-order valence-electron chi connectivity index (χ2n) is 8.80. The first-order valence-corrected chi connectivity index (χ1v) is 10.4. The molecule has 2 aliphatic heterocycles. The van der Waals surface area contributed by atoms with Crippen LogP contribution in [0, 0.1) is 5.41 Å². The second kappa shape index (κ2) is 6.24. The maximum Gasteiger partial charge on any atom is 0.151 e. The molecule has 4 heterocycles. The molecule has 7 nitrogen and oxygen atoms in total. The third-order valence-corrected chi connectivity index (χ3v) is 6.78. The van der Waals surface area contributed by atoms with E-state index in [1.807, 2.05) is 18.2 Å². The van der Waals surface area contributed by atoms with Gasteiger partial charge < -0.3 is 4.90 Å². The van der Waals surface area contributed by atoms with Crippen LogP contribution in [-0.2, 0) is 13.1 Å². The van der Waals surface area contributed by atoms with E-state index in [0.717, 1.165) is 61.5 Å². The van der Waals surface area contributed by atoms with Gasteiger partial charge in [0.05, 0.1) is 12.2 Å². The van der Waals surface area contributed by atoms with Crippen LogP contribution < -0.4 is 4.90 Å². The van der Waals surface area contributed by atoms with Crippen molar-refractivity contribution >= 4 is 17.4 Å². The largest absolute Gasteiger partial charge is 0.354 e. The Morgan fingerprint density at radius 3 is 2.72 bits per heavy atom. The fourth-order valence-corrected chi connectivity index (χ4v) is 5.46. The number of rotatable bonds is 2. The molecule has 0 atom stereocenters. The van der Waals surface area contributed by atoms with Crippen LogP contribution in [0.3, 0.4) is 0 Å². The van der Waals surface area contributed by atoms with Crippen molar-refractivity contribution in [2.24, 2.45) is 5.41 Å². The van der Waals surface area contributed by atoms with Crippen molar-refractivity contribution in [3.05, 3.63) is 58.8 Å². The zero-order chi connectivity index (χ0) is 19.6. The van der Waals surface area contributed by atoms with E-state index in [9.17, 15) is 0 Å². The molecule has 0 amide bonds. The van der Waals surface area contributed by atoms with Gasteiger partial charge in [-0.2, -0.15) is 5.10 Å². The Morgan fingerprint density at radius 2 is 1.93 bits per heavy atom. The van der Waals surface area contributed by atoms with E-state index in [-0.39, 0.29) is 0 Å². The Balaban J connectivity index is 1.25. The highest BCUT2D eigenvalue weighted by Crippen LogP contribution is 2.56. The minimum Gasteiger partial charge on any atom is -0.354 e. The number of aromatic nitrogens is 5. The van der Waals surface area contributed by atoms with Crippen molar-refractivity contribution in [2.75, 3.05) is 25.0 Å². The number of halogens is 1. The van der Waals surface area contributed by atoms with Gasteiger partial charge in [-0.3, -0.25) is 9.47 Å². The smallest absolute Gasteiger partial charge is 0.151 e. The van der Waals surface area contributed by atoms with Crippen LogP contribution in [0.25, 0.3) is 5.69 Å². The molecule has 1 spiro atoms. The molecule has 6 rings (SSSR count). The molecule has 2 fully saturated rings. The van der Waals surface area contributed by atoms with Crippen molar-refractivity contribution in [1.82, 2.24) is 29.9 Å². The fraction of sp³-hybridized carbons (Fsp3) is 0.429. The normalized spacial score (nSPS) is 20.6. The summed E-state index contributed by atoms with van der Waals surface area (Å²) in [6.45, 7) is 3.76. The Morgan fingerprint density at radius 1 is 1.07 bits per heavy atom. The quantitative estimate of drug-likeness (QED) is 0.650. The highest BCUT2D eigenvalue weighted by molar-refractivity contribution is 6.30. The third kappa shape index (κ3) is 2.75. The van der Waals surface area contributed by atoms with E-state index < -0.39 is 0 Å². The monoisotopic (exact) mass is 407 g/mol. The van der Waals surface area contributed by atoms with Crippen LogP contribution in [0.2, 0.25) is 5.02 Å². The average Bonchev–Trinajstić information content (AvgIpc) is 2.97. The lowest BCUT2D eigenvalue weighted by atomic mass is 9.57. The van der Waals surface area contributed by atoms with Gasteiger partial charge >= 0.3 is 0 Å². The molecule has 1 aliphatic carbocycles. The predicted octanol–water partition coefficient (Wildman–Crippen LogP) is 3.04. The molecule has 1 saturated heterocycles. The second-order valence-corrected chi connectivity index (χ2v) is 9.23. The predicted molar refractivity (Wildman–Crippen MR) is 110 cm³/mol.